The van der Waals surface area contributed by atoms with Gasteiger partial charge in [-0.25, -0.2) is 4.79 Å². The number of aromatic nitrogens is 2. The first-order chi connectivity index (χ1) is 11.2. The lowest BCUT2D eigenvalue weighted by molar-refractivity contribution is 0.0501. The molecule has 23 heavy (non-hydrogen) atoms. The van der Waals surface area contributed by atoms with Crippen LogP contribution in [0.1, 0.15) is 36.2 Å². The van der Waals surface area contributed by atoms with Crippen molar-refractivity contribution in [2.24, 2.45) is 7.05 Å². The average Bonchev–Trinajstić information content (AvgIpc) is 2.97. The fourth-order valence-electron chi connectivity index (χ4n) is 2.09. The van der Waals surface area contributed by atoms with Crippen LogP contribution in [0.3, 0.4) is 0 Å². The van der Waals surface area contributed by atoms with Crippen LogP contribution < -0.4 is 9.47 Å². The number of ether oxygens (including phenoxy) is 3. The number of aryl methyl sites for hydroxylation is 1. The maximum absolute atomic E-state index is 12.2. The van der Waals surface area contributed by atoms with Gasteiger partial charge in [0.15, 0.2) is 0 Å². The van der Waals surface area contributed by atoms with Gasteiger partial charge in [-0.2, -0.15) is 0 Å². The molecule has 1 heterocycles. The molecule has 124 valence electrons. The molecule has 6 nitrogen and oxygen atoms in total. The van der Waals surface area contributed by atoms with Crippen molar-refractivity contribution in [2.75, 3.05) is 13.2 Å². The van der Waals surface area contributed by atoms with Crippen LogP contribution in [0.2, 0.25) is 0 Å². The summed E-state index contributed by atoms with van der Waals surface area (Å²) in [6, 6.07) is 7.07. The first-order valence-electron chi connectivity index (χ1n) is 7.70. The zero-order chi connectivity index (χ0) is 16.7. The highest BCUT2D eigenvalue weighted by Gasteiger charge is 2.18. The van der Waals surface area contributed by atoms with Crippen LogP contribution in [0.5, 0.6) is 11.6 Å². The number of hydrogen-bond donors (Lipinski definition) is 0. The van der Waals surface area contributed by atoms with Crippen molar-refractivity contribution < 1.29 is 19.0 Å². The van der Waals surface area contributed by atoms with Gasteiger partial charge in [-0.1, -0.05) is 13.0 Å². The zero-order valence-electron chi connectivity index (χ0n) is 13.7. The maximum Gasteiger partial charge on any atom is 0.338 e. The van der Waals surface area contributed by atoms with Crippen LogP contribution in [0.4, 0.5) is 0 Å². The maximum atomic E-state index is 12.2. The minimum atomic E-state index is -0.368. The highest BCUT2D eigenvalue weighted by atomic mass is 16.5. The molecule has 0 saturated carbocycles. The Morgan fingerprint density at radius 1 is 1.22 bits per heavy atom. The quantitative estimate of drug-likeness (QED) is 0.700. The molecule has 0 bridgehead atoms. The monoisotopic (exact) mass is 318 g/mol. The lowest BCUT2D eigenvalue weighted by Crippen LogP contribution is -2.12. The van der Waals surface area contributed by atoms with Gasteiger partial charge in [0.05, 0.1) is 18.8 Å². The molecule has 0 aliphatic rings. The van der Waals surface area contributed by atoms with E-state index < -0.39 is 0 Å². The van der Waals surface area contributed by atoms with Crippen molar-refractivity contribution in [3.63, 3.8) is 0 Å². The minimum Gasteiger partial charge on any atom is -0.493 e. The molecule has 0 amide bonds. The van der Waals surface area contributed by atoms with Gasteiger partial charge < -0.3 is 14.2 Å². The normalized spacial score (nSPS) is 10.4. The number of carbonyl (C=O) groups is 1. The molecule has 0 spiro atoms. The molecule has 0 N–H and O–H groups in total. The zero-order valence-corrected chi connectivity index (χ0v) is 13.7. The summed E-state index contributed by atoms with van der Waals surface area (Å²) in [4.78, 5) is 12.2. The van der Waals surface area contributed by atoms with Gasteiger partial charge in [0.1, 0.15) is 12.4 Å². The van der Waals surface area contributed by atoms with E-state index in [0.717, 1.165) is 6.42 Å². The fraction of sp³-hybridized carbons (Fsp3) is 0.412. The fourth-order valence-corrected chi connectivity index (χ4v) is 2.09. The van der Waals surface area contributed by atoms with Crippen LogP contribution in [0.15, 0.2) is 30.5 Å². The van der Waals surface area contributed by atoms with Gasteiger partial charge in [-0.3, -0.25) is 4.68 Å². The predicted molar refractivity (Wildman–Crippen MR) is 85.7 cm³/mol. The van der Waals surface area contributed by atoms with Crippen molar-refractivity contribution in [3.05, 3.63) is 41.6 Å². The summed E-state index contributed by atoms with van der Waals surface area (Å²) in [7, 11) is 1.81. The molecule has 0 aliphatic heterocycles. The Morgan fingerprint density at radius 2 is 2.04 bits per heavy atom. The summed E-state index contributed by atoms with van der Waals surface area (Å²) in [6.07, 6.45) is 2.57. The number of nitrogens with zero attached hydrogens (tertiary/aromatic N) is 2. The van der Waals surface area contributed by atoms with Crippen molar-refractivity contribution in [1.29, 1.82) is 0 Å². The number of benzene rings is 1. The molecule has 0 saturated heterocycles. The van der Waals surface area contributed by atoms with Crippen LogP contribution in [-0.2, 0) is 18.4 Å². The van der Waals surface area contributed by atoms with E-state index in [4.69, 9.17) is 14.2 Å². The lowest BCUT2D eigenvalue weighted by atomic mass is 10.1. The summed E-state index contributed by atoms with van der Waals surface area (Å²) >= 11 is 0. The Morgan fingerprint density at radius 3 is 2.70 bits per heavy atom. The molecule has 0 unspecified atom stereocenters. The van der Waals surface area contributed by atoms with E-state index in [1.807, 2.05) is 27.0 Å². The highest BCUT2D eigenvalue weighted by molar-refractivity contribution is 5.91. The van der Waals surface area contributed by atoms with E-state index in [9.17, 15) is 4.79 Å². The van der Waals surface area contributed by atoms with Crippen molar-refractivity contribution >= 4 is 5.97 Å². The molecule has 0 fully saturated rings. The number of rotatable bonds is 8. The summed E-state index contributed by atoms with van der Waals surface area (Å²) in [5.74, 6) is 0.745. The van der Waals surface area contributed by atoms with Crippen LogP contribution >= 0.6 is 0 Å². The van der Waals surface area contributed by atoms with E-state index >= 15 is 0 Å². The van der Waals surface area contributed by atoms with E-state index in [2.05, 4.69) is 5.10 Å². The largest absolute Gasteiger partial charge is 0.493 e. The Balaban J connectivity index is 2.23. The lowest BCUT2D eigenvalue weighted by Gasteiger charge is -2.14. The minimum absolute atomic E-state index is 0.184. The second-order valence-electron chi connectivity index (χ2n) is 4.97. The van der Waals surface area contributed by atoms with Crippen molar-refractivity contribution in [3.8, 4) is 11.6 Å². The molecule has 6 heteroatoms. The Bertz CT molecular complexity index is 652. The molecule has 0 aliphatic carbocycles. The molecular formula is C17H22N2O4. The molecule has 2 aromatic rings. The van der Waals surface area contributed by atoms with E-state index in [1.54, 1.807) is 29.1 Å². The Kier molecular flexibility index (Phi) is 6.02. The molecule has 1 aromatic heterocycles. The molecule has 2 rings (SSSR count). The second-order valence-corrected chi connectivity index (χ2v) is 4.97. The van der Waals surface area contributed by atoms with E-state index in [-0.39, 0.29) is 12.6 Å². The van der Waals surface area contributed by atoms with Gasteiger partial charge >= 0.3 is 5.97 Å². The van der Waals surface area contributed by atoms with Gasteiger partial charge in [0.25, 0.3) is 0 Å². The average molecular weight is 318 g/mol. The smallest absolute Gasteiger partial charge is 0.338 e. The number of carbonyl (C=O) groups excluding carboxylic acids is 1. The highest BCUT2D eigenvalue weighted by Crippen LogP contribution is 2.25. The van der Waals surface area contributed by atoms with Gasteiger partial charge in [-0.05, 0) is 25.5 Å². The summed E-state index contributed by atoms with van der Waals surface area (Å²) in [5.41, 5.74) is 1.13. The third kappa shape index (κ3) is 4.48. The van der Waals surface area contributed by atoms with Gasteiger partial charge in [-0.15, -0.1) is 5.10 Å². The van der Waals surface area contributed by atoms with E-state index in [0.29, 0.717) is 36.0 Å². The third-order valence-corrected chi connectivity index (χ3v) is 3.14. The standard InChI is InChI=1S/C17H22N2O4/c1-4-11-22-17(20)13-7-6-8-15(21-5-2)14(13)12-23-16-9-10-19(3)18-16/h6-10H,4-5,11-12H2,1-3H3. The molecule has 0 radical (unpaired) electrons. The van der Waals surface area contributed by atoms with E-state index in [1.165, 1.54) is 0 Å². The Labute approximate surface area is 136 Å². The SMILES string of the molecule is CCCOC(=O)c1cccc(OCC)c1COc1ccn(C)n1. The Hall–Kier alpha value is -2.50. The summed E-state index contributed by atoms with van der Waals surface area (Å²) < 4.78 is 18.2. The van der Waals surface area contributed by atoms with Crippen LogP contribution in [-0.4, -0.2) is 29.0 Å². The summed E-state index contributed by atoms with van der Waals surface area (Å²) in [6.45, 7) is 4.92. The predicted octanol–water partition coefficient (Wildman–Crippen LogP) is 2.96. The van der Waals surface area contributed by atoms with Crippen LogP contribution in [0, 0.1) is 0 Å². The third-order valence-electron chi connectivity index (χ3n) is 3.14. The number of esters is 1. The molecule has 0 atom stereocenters. The second kappa shape index (κ2) is 8.22. The molecular weight excluding hydrogens is 296 g/mol. The first kappa shape index (κ1) is 16.9. The van der Waals surface area contributed by atoms with Crippen molar-refractivity contribution in [2.45, 2.75) is 26.9 Å². The van der Waals surface area contributed by atoms with Gasteiger partial charge in [0, 0.05) is 24.9 Å². The first-order valence-corrected chi connectivity index (χ1v) is 7.70. The number of hydrogen-bond acceptors (Lipinski definition) is 5. The van der Waals surface area contributed by atoms with Crippen LogP contribution in [0.25, 0.3) is 0 Å². The molecule has 1 aromatic carbocycles. The summed E-state index contributed by atoms with van der Waals surface area (Å²) in [5, 5.41) is 4.16. The van der Waals surface area contributed by atoms with Gasteiger partial charge in [0.2, 0.25) is 5.88 Å². The van der Waals surface area contributed by atoms with Crippen molar-refractivity contribution in [1.82, 2.24) is 9.78 Å². The topological polar surface area (TPSA) is 62.6 Å².